The number of halogens is 1. The number of carbonyl (C=O) groups is 3. The van der Waals surface area contributed by atoms with Gasteiger partial charge >= 0.3 is 6.09 Å². The highest BCUT2D eigenvalue weighted by molar-refractivity contribution is 9.10. The van der Waals surface area contributed by atoms with Gasteiger partial charge in [-0.05, 0) is 23.6 Å². The van der Waals surface area contributed by atoms with E-state index in [4.69, 9.17) is 0 Å². The summed E-state index contributed by atoms with van der Waals surface area (Å²) in [7, 11) is 0. The van der Waals surface area contributed by atoms with E-state index in [2.05, 4.69) is 15.9 Å². The van der Waals surface area contributed by atoms with Crippen LogP contribution in [0.25, 0.3) is 0 Å². The molecule has 130 valence electrons. The van der Waals surface area contributed by atoms with Crippen molar-refractivity contribution < 1.29 is 19.5 Å². The molecule has 0 spiro atoms. The van der Waals surface area contributed by atoms with Crippen molar-refractivity contribution in [1.82, 2.24) is 9.80 Å². The van der Waals surface area contributed by atoms with Gasteiger partial charge in [0, 0.05) is 35.2 Å². The molecule has 0 radical (unpaired) electrons. The third kappa shape index (κ3) is 3.77. The van der Waals surface area contributed by atoms with Crippen LogP contribution in [0, 0.1) is 5.41 Å². The highest BCUT2D eigenvalue weighted by atomic mass is 79.9. The fourth-order valence-corrected chi connectivity index (χ4v) is 3.23. The van der Waals surface area contributed by atoms with Crippen LogP contribution in [0.1, 0.15) is 41.5 Å². The number of benzene rings is 1. The van der Waals surface area contributed by atoms with E-state index in [9.17, 15) is 19.5 Å². The summed E-state index contributed by atoms with van der Waals surface area (Å²) in [5.74, 6) is -0.190. The Hall–Kier alpha value is -1.89. The van der Waals surface area contributed by atoms with Crippen molar-refractivity contribution in [2.75, 3.05) is 19.6 Å². The van der Waals surface area contributed by atoms with Gasteiger partial charge in [0.25, 0.3) is 5.91 Å². The Morgan fingerprint density at radius 3 is 2.50 bits per heavy atom. The van der Waals surface area contributed by atoms with Gasteiger partial charge in [0.1, 0.15) is 0 Å². The van der Waals surface area contributed by atoms with E-state index in [0.29, 0.717) is 35.0 Å². The maximum atomic E-state index is 12.8. The number of hydrogen-bond acceptors (Lipinski definition) is 3. The molecule has 1 fully saturated rings. The van der Waals surface area contributed by atoms with Crippen molar-refractivity contribution in [3.63, 3.8) is 0 Å². The maximum absolute atomic E-state index is 12.8. The van der Waals surface area contributed by atoms with E-state index in [1.54, 1.807) is 23.1 Å². The zero-order valence-corrected chi connectivity index (χ0v) is 15.5. The van der Waals surface area contributed by atoms with Gasteiger partial charge in [-0.3, -0.25) is 9.59 Å². The molecule has 1 unspecified atom stereocenters. The van der Waals surface area contributed by atoms with Crippen LogP contribution in [0.2, 0.25) is 0 Å². The van der Waals surface area contributed by atoms with Gasteiger partial charge in [-0.25, -0.2) is 4.79 Å². The van der Waals surface area contributed by atoms with Gasteiger partial charge in [0.15, 0.2) is 6.29 Å². The van der Waals surface area contributed by atoms with E-state index in [0.717, 1.165) is 0 Å². The first-order valence-corrected chi connectivity index (χ1v) is 8.48. The van der Waals surface area contributed by atoms with Crippen LogP contribution in [0.3, 0.4) is 0 Å². The first-order chi connectivity index (χ1) is 11.1. The predicted octanol–water partition coefficient (Wildman–Crippen LogP) is 3.11. The Morgan fingerprint density at radius 1 is 1.29 bits per heavy atom. The average Bonchev–Trinajstić information content (AvgIpc) is 2.53. The second kappa shape index (κ2) is 6.93. The summed E-state index contributed by atoms with van der Waals surface area (Å²) in [5, 5.41) is 9.39. The Kier molecular flexibility index (Phi) is 5.32. The number of nitrogens with zero attached hydrogens (tertiary/aromatic N) is 2. The molecule has 0 aromatic heterocycles. The molecule has 1 aliphatic heterocycles. The second-order valence-corrected chi connectivity index (χ2v) is 7.82. The van der Waals surface area contributed by atoms with Crippen LogP contribution in [-0.2, 0) is 0 Å². The first-order valence-electron chi connectivity index (χ1n) is 7.68. The minimum atomic E-state index is -0.964. The zero-order valence-electron chi connectivity index (χ0n) is 14.0. The molecule has 6 nitrogen and oxygen atoms in total. The van der Waals surface area contributed by atoms with Crippen molar-refractivity contribution >= 4 is 34.2 Å². The normalized spacial score (nSPS) is 18.4. The molecule has 2 rings (SSSR count). The fourth-order valence-electron chi connectivity index (χ4n) is 2.89. The van der Waals surface area contributed by atoms with Gasteiger partial charge in [0.05, 0.1) is 6.04 Å². The quantitative estimate of drug-likeness (QED) is 0.778. The lowest BCUT2D eigenvalue weighted by atomic mass is 9.84. The van der Waals surface area contributed by atoms with Gasteiger partial charge < -0.3 is 14.9 Å². The van der Waals surface area contributed by atoms with E-state index in [1.165, 1.54) is 4.90 Å². The molecular formula is C17H21BrN2O4. The lowest BCUT2D eigenvalue weighted by Gasteiger charge is -2.45. The highest BCUT2D eigenvalue weighted by Crippen LogP contribution is 2.28. The summed E-state index contributed by atoms with van der Waals surface area (Å²) < 4.78 is 0.636. The number of carbonyl (C=O) groups excluding carboxylic acids is 2. The number of hydrogen-bond donors (Lipinski definition) is 1. The molecule has 7 heteroatoms. The van der Waals surface area contributed by atoms with Gasteiger partial charge in [-0.2, -0.15) is 0 Å². The number of amides is 2. The fraction of sp³-hybridized carbons (Fsp3) is 0.471. The molecular weight excluding hydrogens is 376 g/mol. The summed E-state index contributed by atoms with van der Waals surface area (Å²) in [4.78, 5) is 38.3. The third-order valence-electron chi connectivity index (χ3n) is 4.28. The highest BCUT2D eigenvalue weighted by Gasteiger charge is 2.39. The van der Waals surface area contributed by atoms with Crippen molar-refractivity contribution in [2.45, 2.75) is 26.8 Å². The van der Waals surface area contributed by atoms with Crippen LogP contribution in [0.4, 0.5) is 4.79 Å². The minimum absolute atomic E-state index is 0.190. The molecule has 1 aromatic rings. The van der Waals surface area contributed by atoms with Crippen LogP contribution >= 0.6 is 15.9 Å². The molecule has 1 aromatic carbocycles. The largest absolute Gasteiger partial charge is 0.465 e. The summed E-state index contributed by atoms with van der Waals surface area (Å²) >= 11 is 3.27. The summed E-state index contributed by atoms with van der Waals surface area (Å²) in [6.07, 6.45) is -0.268. The number of carboxylic acid groups (broad SMARTS) is 1. The second-order valence-electron chi connectivity index (χ2n) is 6.96. The van der Waals surface area contributed by atoms with Crippen molar-refractivity contribution in [3.05, 3.63) is 33.8 Å². The van der Waals surface area contributed by atoms with E-state index in [-0.39, 0.29) is 23.9 Å². The van der Waals surface area contributed by atoms with Gasteiger partial charge in [-0.15, -0.1) is 0 Å². The van der Waals surface area contributed by atoms with Gasteiger partial charge in [0.2, 0.25) is 0 Å². The summed E-state index contributed by atoms with van der Waals surface area (Å²) in [6, 6.07) is 4.60. The molecule has 0 saturated carbocycles. The molecule has 1 N–H and O–H groups in total. The Labute approximate surface area is 149 Å². The smallest absolute Gasteiger partial charge is 0.407 e. The SMILES string of the molecule is CC(C)(C)C1CN(C(=O)c2ccc(Br)c(C=O)c2)CCN1C(=O)O. The van der Waals surface area contributed by atoms with E-state index in [1.807, 2.05) is 20.8 Å². The maximum Gasteiger partial charge on any atom is 0.407 e. The van der Waals surface area contributed by atoms with Crippen LogP contribution in [0.5, 0.6) is 0 Å². The monoisotopic (exact) mass is 396 g/mol. The summed E-state index contributed by atoms with van der Waals surface area (Å²) in [6.45, 7) is 6.84. The van der Waals surface area contributed by atoms with Crippen molar-refractivity contribution in [1.29, 1.82) is 0 Å². The zero-order chi connectivity index (χ0) is 18.1. The minimum Gasteiger partial charge on any atom is -0.465 e. The average molecular weight is 397 g/mol. The molecule has 1 saturated heterocycles. The Balaban J connectivity index is 2.25. The number of rotatable bonds is 2. The Bertz CT molecular complexity index is 669. The molecule has 0 aliphatic carbocycles. The van der Waals surface area contributed by atoms with Crippen molar-refractivity contribution in [3.8, 4) is 0 Å². The molecule has 1 heterocycles. The molecule has 1 atom stereocenters. The third-order valence-corrected chi connectivity index (χ3v) is 5.01. The molecule has 24 heavy (non-hydrogen) atoms. The molecule has 1 aliphatic rings. The molecule has 2 amide bonds. The lowest BCUT2D eigenvalue weighted by molar-refractivity contribution is 0.0198. The Morgan fingerprint density at radius 2 is 1.96 bits per heavy atom. The standard InChI is InChI=1S/C17H21BrN2O4/c1-17(2,3)14-9-19(6-7-20(14)16(23)24)15(22)11-4-5-13(18)12(8-11)10-21/h4-5,8,10,14H,6-7,9H2,1-3H3,(H,23,24). The van der Waals surface area contributed by atoms with Gasteiger partial charge in [-0.1, -0.05) is 36.7 Å². The molecule has 0 bridgehead atoms. The summed E-state index contributed by atoms with van der Waals surface area (Å²) in [5.41, 5.74) is 0.555. The van der Waals surface area contributed by atoms with Crippen LogP contribution < -0.4 is 0 Å². The van der Waals surface area contributed by atoms with E-state index >= 15 is 0 Å². The van der Waals surface area contributed by atoms with Crippen molar-refractivity contribution in [2.24, 2.45) is 5.41 Å². The first kappa shape index (κ1) is 18.4. The number of piperazine rings is 1. The van der Waals surface area contributed by atoms with Crippen LogP contribution in [0.15, 0.2) is 22.7 Å². The number of aldehydes is 1. The predicted molar refractivity (Wildman–Crippen MR) is 93.4 cm³/mol. The lowest BCUT2D eigenvalue weighted by Crippen LogP contribution is -2.60. The van der Waals surface area contributed by atoms with Crippen LogP contribution in [-0.4, -0.2) is 58.9 Å². The van der Waals surface area contributed by atoms with E-state index < -0.39 is 6.09 Å². The topological polar surface area (TPSA) is 77.9 Å².